The van der Waals surface area contributed by atoms with Gasteiger partial charge in [0.2, 0.25) is 5.91 Å². The van der Waals surface area contributed by atoms with E-state index in [1.54, 1.807) is 6.07 Å². The maximum absolute atomic E-state index is 11.5. The van der Waals surface area contributed by atoms with Crippen LogP contribution in [0.3, 0.4) is 0 Å². The fourth-order valence-electron chi connectivity index (χ4n) is 1.26. The van der Waals surface area contributed by atoms with Crippen LogP contribution in [0.5, 0.6) is 0 Å². The number of aromatic nitrogens is 2. The minimum absolute atomic E-state index is 0.0129. The minimum Gasteiger partial charge on any atom is -0.355 e. The zero-order valence-electron chi connectivity index (χ0n) is 11.8. The molecular formula is C13H20ClN3OS. The Morgan fingerprint density at radius 1 is 1.42 bits per heavy atom. The molecule has 0 aliphatic heterocycles. The van der Waals surface area contributed by atoms with E-state index in [-0.39, 0.29) is 11.3 Å². The van der Waals surface area contributed by atoms with Crippen molar-refractivity contribution in [3.05, 3.63) is 17.0 Å². The Morgan fingerprint density at radius 3 is 2.68 bits per heavy atom. The van der Waals surface area contributed by atoms with Crippen LogP contribution < -0.4 is 5.32 Å². The molecule has 1 heterocycles. The molecule has 1 rings (SSSR count). The minimum atomic E-state index is -0.162. The van der Waals surface area contributed by atoms with Gasteiger partial charge in [-0.15, -0.1) is 0 Å². The highest BCUT2D eigenvalue weighted by Gasteiger charge is 2.19. The molecule has 1 amide bonds. The molecular weight excluding hydrogens is 282 g/mol. The predicted octanol–water partition coefficient (Wildman–Crippen LogP) is 3.05. The van der Waals surface area contributed by atoms with Crippen LogP contribution in [0.1, 0.15) is 39.9 Å². The molecule has 1 aromatic rings. The first-order valence-electron chi connectivity index (χ1n) is 6.27. The van der Waals surface area contributed by atoms with Crippen molar-refractivity contribution in [1.82, 2.24) is 15.3 Å². The lowest BCUT2D eigenvalue weighted by molar-refractivity contribution is -0.118. The number of carbonyl (C=O) groups is 1. The molecule has 106 valence electrons. The highest BCUT2D eigenvalue weighted by Crippen LogP contribution is 2.24. The van der Waals surface area contributed by atoms with Crippen molar-refractivity contribution < 1.29 is 4.79 Å². The van der Waals surface area contributed by atoms with Crippen LogP contribution in [0.2, 0.25) is 5.15 Å². The van der Waals surface area contributed by atoms with Gasteiger partial charge < -0.3 is 5.32 Å². The fraction of sp³-hybridized carbons (Fsp3) is 0.615. The number of thioether (sulfide) groups is 1. The molecule has 0 aliphatic carbocycles. The topological polar surface area (TPSA) is 54.9 Å². The van der Waals surface area contributed by atoms with Crippen molar-refractivity contribution in [3.63, 3.8) is 0 Å². The molecule has 0 spiro atoms. The summed E-state index contributed by atoms with van der Waals surface area (Å²) in [4.78, 5) is 20.2. The Kier molecular flexibility index (Phi) is 6.07. The number of carbonyl (C=O) groups excluding carboxylic acids is 1. The van der Waals surface area contributed by atoms with Crippen molar-refractivity contribution in [2.45, 2.75) is 44.6 Å². The van der Waals surface area contributed by atoms with Crippen molar-refractivity contribution in [3.8, 4) is 0 Å². The quantitative estimate of drug-likeness (QED) is 0.671. The molecule has 0 saturated heterocycles. The number of nitrogens with zero attached hydrogens (tertiary/aromatic N) is 2. The summed E-state index contributed by atoms with van der Waals surface area (Å²) in [5.74, 6) is 1.05. The normalized spacial score (nSPS) is 11.4. The van der Waals surface area contributed by atoms with Crippen molar-refractivity contribution in [2.75, 3.05) is 12.3 Å². The summed E-state index contributed by atoms with van der Waals surface area (Å²) in [7, 11) is 0. The van der Waals surface area contributed by atoms with E-state index in [1.165, 1.54) is 11.8 Å². The Bertz CT molecular complexity index is 446. The van der Waals surface area contributed by atoms with Gasteiger partial charge in [0.15, 0.2) is 0 Å². The largest absolute Gasteiger partial charge is 0.355 e. The average Bonchev–Trinajstić information content (AvgIpc) is 2.32. The maximum atomic E-state index is 11.5. The zero-order chi connectivity index (χ0) is 14.5. The van der Waals surface area contributed by atoms with E-state index in [0.29, 0.717) is 23.3 Å². The maximum Gasteiger partial charge on any atom is 0.230 e. The molecule has 0 radical (unpaired) electrons. The third-order valence-electron chi connectivity index (χ3n) is 2.27. The molecule has 19 heavy (non-hydrogen) atoms. The van der Waals surface area contributed by atoms with Gasteiger partial charge >= 0.3 is 0 Å². The van der Waals surface area contributed by atoms with Gasteiger partial charge in [0, 0.05) is 18.0 Å². The summed E-state index contributed by atoms with van der Waals surface area (Å²) in [6, 6.07) is 1.69. The van der Waals surface area contributed by atoms with E-state index in [9.17, 15) is 4.79 Å². The van der Waals surface area contributed by atoms with Gasteiger partial charge in [0.05, 0.1) is 5.75 Å². The van der Waals surface area contributed by atoms with Crippen molar-refractivity contribution in [1.29, 1.82) is 0 Å². The Balaban J connectivity index is 2.69. The fourth-order valence-corrected chi connectivity index (χ4v) is 2.24. The second kappa shape index (κ2) is 7.10. The lowest BCUT2D eigenvalue weighted by Gasteiger charge is -2.17. The van der Waals surface area contributed by atoms with Crippen molar-refractivity contribution >= 4 is 29.3 Å². The third kappa shape index (κ3) is 5.78. The Hall–Kier alpha value is -0.810. The highest BCUT2D eigenvalue weighted by atomic mass is 35.5. The van der Waals surface area contributed by atoms with Crippen LogP contribution in [-0.4, -0.2) is 28.2 Å². The predicted molar refractivity (Wildman–Crippen MR) is 79.8 cm³/mol. The SMILES string of the molecule is CCCNC(=O)CSc1cc(Cl)nc(C(C)(C)C)n1. The van der Waals surface area contributed by atoms with Crippen LogP contribution in [0, 0.1) is 0 Å². The first-order chi connectivity index (χ1) is 8.82. The monoisotopic (exact) mass is 301 g/mol. The average molecular weight is 302 g/mol. The number of hydrogen-bond acceptors (Lipinski definition) is 4. The summed E-state index contributed by atoms with van der Waals surface area (Å²) in [5.41, 5.74) is -0.162. The number of hydrogen-bond donors (Lipinski definition) is 1. The molecule has 0 atom stereocenters. The van der Waals surface area contributed by atoms with E-state index >= 15 is 0 Å². The Labute approximate surface area is 123 Å². The Morgan fingerprint density at radius 2 is 2.11 bits per heavy atom. The molecule has 0 aliphatic rings. The standard InChI is InChI=1S/C13H20ClN3OS/c1-5-6-15-10(18)8-19-11-7-9(14)16-12(17-11)13(2,3)4/h7H,5-6,8H2,1-4H3,(H,15,18). The van der Waals surface area contributed by atoms with Crippen LogP contribution >= 0.6 is 23.4 Å². The summed E-state index contributed by atoms with van der Waals surface area (Å²) >= 11 is 7.37. The summed E-state index contributed by atoms with van der Waals surface area (Å²) < 4.78 is 0. The summed E-state index contributed by atoms with van der Waals surface area (Å²) in [5, 5.41) is 3.97. The number of amides is 1. The van der Waals surface area contributed by atoms with Gasteiger partial charge in [-0.3, -0.25) is 4.79 Å². The lowest BCUT2D eigenvalue weighted by atomic mass is 9.96. The molecule has 0 aromatic carbocycles. The third-order valence-corrected chi connectivity index (χ3v) is 3.37. The van der Waals surface area contributed by atoms with Crippen LogP contribution in [0.4, 0.5) is 0 Å². The van der Waals surface area contributed by atoms with Crippen LogP contribution in [0.25, 0.3) is 0 Å². The number of nitrogens with one attached hydrogen (secondary N) is 1. The molecule has 6 heteroatoms. The lowest BCUT2D eigenvalue weighted by Crippen LogP contribution is -2.25. The van der Waals surface area contributed by atoms with Crippen LogP contribution in [0.15, 0.2) is 11.1 Å². The molecule has 4 nitrogen and oxygen atoms in total. The molecule has 0 fully saturated rings. The first kappa shape index (κ1) is 16.2. The van der Waals surface area contributed by atoms with E-state index in [4.69, 9.17) is 11.6 Å². The van der Waals surface area contributed by atoms with E-state index in [0.717, 1.165) is 11.4 Å². The first-order valence-corrected chi connectivity index (χ1v) is 7.64. The second-order valence-corrected chi connectivity index (χ2v) is 6.62. The number of halogens is 1. The van der Waals surface area contributed by atoms with Gasteiger partial charge in [-0.1, -0.05) is 51.1 Å². The van der Waals surface area contributed by atoms with Gasteiger partial charge in [0.1, 0.15) is 16.0 Å². The van der Waals surface area contributed by atoms with Gasteiger partial charge in [-0.05, 0) is 6.42 Å². The van der Waals surface area contributed by atoms with E-state index in [2.05, 4.69) is 15.3 Å². The van der Waals surface area contributed by atoms with E-state index in [1.807, 2.05) is 27.7 Å². The highest BCUT2D eigenvalue weighted by molar-refractivity contribution is 7.99. The smallest absolute Gasteiger partial charge is 0.230 e. The van der Waals surface area contributed by atoms with Crippen LogP contribution in [-0.2, 0) is 10.2 Å². The zero-order valence-corrected chi connectivity index (χ0v) is 13.4. The van der Waals surface area contributed by atoms with E-state index < -0.39 is 0 Å². The molecule has 0 bridgehead atoms. The summed E-state index contributed by atoms with van der Waals surface area (Å²) in [6.45, 7) is 8.81. The van der Waals surface area contributed by atoms with Crippen molar-refractivity contribution in [2.24, 2.45) is 0 Å². The van der Waals surface area contributed by atoms with Gasteiger partial charge in [-0.25, -0.2) is 9.97 Å². The molecule has 1 N–H and O–H groups in total. The number of rotatable bonds is 5. The molecule has 0 saturated carbocycles. The van der Waals surface area contributed by atoms with Gasteiger partial charge in [0.25, 0.3) is 0 Å². The molecule has 0 unspecified atom stereocenters. The summed E-state index contributed by atoms with van der Waals surface area (Å²) in [6.07, 6.45) is 0.934. The van der Waals surface area contributed by atoms with Gasteiger partial charge in [-0.2, -0.15) is 0 Å². The molecule has 1 aromatic heterocycles. The second-order valence-electron chi connectivity index (χ2n) is 5.24.